The average Bonchev–Trinajstić information content (AvgIpc) is 2.82. The quantitative estimate of drug-likeness (QED) is 0.0480. The standard InChI is InChI=1S/C22H42N8O7/c1-3-12(2)17(30-18(33)13(24)11-16(31)32)20(35)28-14(8-6-10-27-22(25)26)19(34)29-15(21(36)37)7-4-5-9-23/h12-15,17H,3-11,23-24H2,1-2H3,(H,28,35)(H,29,34)(H,30,33)(H,31,32)(H,36,37)(H4,25,26,27). The summed E-state index contributed by atoms with van der Waals surface area (Å²) < 4.78 is 0. The number of hydrogen-bond acceptors (Lipinski definition) is 8. The summed E-state index contributed by atoms with van der Waals surface area (Å²) in [7, 11) is 0. The fraction of sp³-hybridized carbons (Fsp3) is 0.727. The van der Waals surface area contributed by atoms with Gasteiger partial charge in [-0.05, 0) is 44.6 Å². The number of carboxylic acid groups (broad SMARTS) is 2. The van der Waals surface area contributed by atoms with Crippen LogP contribution in [0.25, 0.3) is 0 Å². The number of amides is 3. The molecule has 0 aromatic heterocycles. The summed E-state index contributed by atoms with van der Waals surface area (Å²) in [5.41, 5.74) is 21.7. The molecule has 0 aliphatic heterocycles. The molecule has 0 aromatic carbocycles. The van der Waals surface area contributed by atoms with Crippen LogP contribution >= 0.6 is 0 Å². The summed E-state index contributed by atoms with van der Waals surface area (Å²) in [6, 6.07) is -4.84. The van der Waals surface area contributed by atoms with E-state index in [9.17, 15) is 29.1 Å². The third-order valence-electron chi connectivity index (χ3n) is 5.66. The molecular formula is C22H42N8O7. The predicted molar refractivity (Wildman–Crippen MR) is 136 cm³/mol. The van der Waals surface area contributed by atoms with Crippen molar-refractivity contribution in [1.29, 1.82) is 0 Å². The van der Waals surface area contributed by atoms with Gasteiger partial charge in [0.05, 0.1) is 12.5 Å². The van der Waals surface area contributed by atoms with Gasteiger partial charge in [-0.1, -0.05) is 20.3 Å². The lowest BCUT2D eigenvalue weighted by molar-refractivity contribution is -0.142. The summed E-state index contributed by atoms with van der Waals surface area (Å²) >= 11 is 0. The second kappa shape index (κ2) is 17.9. The number of unbranched alkanes of at least 4 members (excludes halogenated alkanes) is 1. The molecule has 0 bridgehead atoms. The van der Waals surface area contributed by atoms with E-state index in [1.54, 1.807) is 13.8 Å². The Morgan fingerprint density at radius 2 is 1.46 bits per heavy atom. The first-order valence-electron chi connectivity index (χ1n) is 12.2. The van der Waals surface area contributed by atoms with Crippen molar-refractivity contribution in [2.45, 2.75) is 83.0 Å². The Bertz CT molecular complexity index is 804. The highest BCUT2D eigenvalue weighted by atomic mass is 16.4. The van der Waals surface area contributed by atoms with Crippen molar-refractivity contribution in [3.8, 4) is 0 Å². The number of aliphatic imine (C=N–C) groups is 1. The van der Waals surface area contributed by atoms with Gasteiger partial charge in [0.15, 0.2) is 5.96 Å². The van der Waals surface area contributed by atoms with Crippen LogP contribution in [0.1, 0.15) is 58.8 Å². The van der Waals surface area contributed by atoms with E-state index in [4.69, 9.17) is 28.0 Å². The first-order chi connectivity index (χ1) is 17.3. The van der Waals surface area contributed by atoms with Crippen molar-refractivity contribution < 1.29 is 34.2 Å². The van der Waals surface area contributed by atoms with Gasteiger partial charge in [-0.2, -0.15) is 0 Å². The van der Waals surface area contributed by atoms with E-state index in [0.717, 1.165) is 0 Å². The van der Waals surface area contributed by atoms with Gasteiger partial charge < -0.3 is 49.1 Å². The Labute approximate surface area is 216 Å². The third kappa shape index (κ3) is 14.0. The SMILES string of the molecule is CCC(C)C(NC(=O)C(N)CC(=O)O)C(=O)NC(CCCN=C(N)N)C(=O)NC(CCCCN)C(=O)O. The lowest BCUT2D eigenvalue weighted by Gasteiger charge is -2.28. The van der Waals surface area contributed by atoms with Crippen LogP contribution in [-0.4, -0.2) is 83.1 Å². The molecule has 5 atom stereocenters. The number of carboxylic acids is 2. The summed E-state index contributed by atoms with van der Waals surface area (Å²) in [4.78, 5) is 64.9. The number of hydrogen-bond donors (Lipinski definition) is 9. The van der Waals surface area contributed by atoms with Crippen molar-refractivity contribution in [3.63, 3.8) is 0 Å². The molecular weight excluding hydrogens is 488 g/mol. The van der Waals surface area contributed by atoms with E-state index in [1.807, 2.05) is 0 Å². The first kappa shape index (κ1) is 33.5. The summed E-state index contributed by atoms with van der Waals surface area (Å²) in [5.74, 6) is -5.31. The largest absolute Gasteiger partial charge is 0.481 e. The van der Waals surface area contributed by atoms with Gasteiger partial charge in [-0.15, -0.1) is 0 Å². The zero-order chi connectivity index (χ0) is 28.5. The molecule has 0 rings (SSSR count). The molecule has 0 spiro atoms. The molecule has 0 aliphatic rings. The molecule has 13 N–H and O–H groups in total. The zero-order valence-corrected chi connectivity index (χ0v) is 21.4. The smallest absolute Gasteiger partial charge is 0.326 e. The maximum atomic E-state index is 13.1. The molecule has 0 heterocycles. The zero-order valence-electron chi connectivity index (χ0n) is 21.4. The highest BCUT2D eigenvalue weighted by molar-refractivity contribution is 5.94. The Balaban J connectivity index is 5.66. The minimum absolute atomic E-state index is 0.0726. The Morgan fingerprint density at radius 1 is 0.865 bits per heavy atom. The van der Waals surface area contributed by atoms with Gasteiger partial charge in [0, 0.05) is 6.54 Å². The minimum Gasteiger partial charge on any atom is -0.481 e. The van der Waals surface area contributed by atoms with Crippen LogP contribution in [-0.2, 0) is 24.0 Å². The van der Waals surface area contributed by atoms with E-state index in [2.05, 4.69) is 20.9 Å². The maximum Gasteiger partial charge on any atom is 0.326 e. The number of guanidine groups is 1. The Hall–Kier alpha value is -3.46. The monoisotopic (exact) mass is 530 g/mol. The van der Waals surface area contributed by atoms with Crippen molar-refractivity contribution in [1.82, 2.24) is 16.0 Å². The Kier molecular flexibility index (Phi) is 16.2. The molecule has 15 heteroatoms. The van der Waals surface area contributed by atoms with Gasteiger partial charge in [0.1, 0.15) is 18.1 Å². The molecule has 37 heavy (non-hydrogen) atoms. The van der Waals surface area contributed by atoms with Crippen LogP contribution in [0.4, 0.5) is 0 Å². The summed E-state index contributed by atoms with van der Waals surface area (Å²) in [6.45, 7) is 4.02. The molecule has 212 valence electrons. The number of nitrogens with two attached hydrogens (primary N) is 4. The van der Waals surface area contributed by atoms with Crippen LogP contribution in [0.15, 0.2) is 4.99 Å². The number of aliphatic carboxylic acids is 2. The third-order valence-corrected chi connectivity index (χ3v) is 5.66. The average molecular weight is 531 g/mol. The van der Waals surface area contributed by atoms with E-state index in [1.165, 1.54) is 0 Å². The number of nitrogens with zero attached hydrogens (tertiary/aromatic N) is 1. The second-order valence-corrected chi connectivity index (χ2v) is 8.77. The van der Waals surface area contributed by atoms with Crippen LogP contribution in [0, 0.1) is 5.92 Å². The van der Waals surface area contributed by atoms with E-state index in [-0.39, 0.29) is 31.8 Å². The fourth-order valence-corrected chi connectivity index (χ4v) is 3.30. The van der Waals surface area contributed by atoms with Crippen LogP contribution in [0.5, 0.6) is 0 Å². The molecule has 0 fully saturated rings. The summed E-state index contributed by atoms with van der Waals surface area (Å²) in [5, 5.41) is 25.8. The van der Waals surface area contributed by atoms with Gasteiger partial charge in [-0.25, -0.2) is 4.79 Å². The summed E-state index contributed by atoms with van der Waals surface area (Å²) in [6.07, 6.45) is 1.41. The second-order valence-electron chi connectivity index (χ2n) is 8.77. The van der Waals surface area contributed by atoms with Crippen molar-refractivity contribution >= 4 is 35.6 Å². The molecule has 15 nitrogen and oxygen atoms in total. The van der Waals surface area contributed by atoms with Crippen LogP contribution in [0.2, 0.25) is 0 Å². The molecule has 3 amide bonds. The number of nitrogens with one attached hydrogen (secondary N) is 3. The fourth-order valence-electron chi connectivity index (χ4n) is 3.30. The number of carbonyl (C=O) groups is 5. The molecule has 0 aromatic rings. The first-order valence-corrected chi connectivity index (χ1v) is 12.2. The van der Waals surface area contributed by atoms with Crippen molar-refractivity contribution in [2.75, 3.05) is 13.1 Å². The van der Waals surface area contributed by atoms with Crippen molar-refractivity contribution in [2.24, 2.45) is 33.8 Å². The highest BCUT2D eigenvalue weighted by Gasteiger charge is 2.32. The van der Waals surface area contributed by atoms with Crippen LogP contribution in [0.3, 0.4) is 0 Å². The maximum absolute atomic E-state index is 13.1. The molecule has 0 radical (unpaired) electrons. The highest BCUT2D eigenvalue weighted by Crippen LogP contribution is 2.11. The topological polar surface area (TPSA) is 278 Å². The van der Waals surface area contributed by atoms with Gasteiger partial charge in [-0.3, -0.25) is 24.2 Å². The predicted octanol–water partition coefficient (Wildman–Crippen LogP) is -2.44. The Morgan fingerprint density at radius 3 is 1.97 bits per heavy atom. The van der Waals surface area contributed by atoms with E-state index in [0.29, 0.717) is 25.8 Å². The molecule has 0 saturated carbocycles. The molecule has 0 saturated heterocycles. The lowest BCUT2D eigenvalue weighted by atomic mass is 9.97. The number of rotatable bonds is 19. The normalized spacial score (nSPS) is 14.8. The van der Waals surface area contributed by atoms with Gasteiger partial charge >= 0.3 is 11.9 Å². The van der Waals surface area contributed by atoms with Crippen molar-refractivity contribution in [3.05, 3.63) is 0 Å². The number of carbonyl (C=O) groups excluding carboxylic acids is 3. The van der Waals surface area contributed by atoms with Gasteiger partial charge in [0.25, 0.3) is 0 Å². The van der Waals surface area contributed by atoms with Gasteiger partial charge in [0.2, 0.25) is 17.7 Å². The molecule has 0 aliphatic carbocycles. The lowest BCUT2D eigenvalue weighted by Crippen LogP contribution is -2.58. The van der Waals surface area contributed by atoms with Crippen LogP contribution < -0.4 is 38.9 Å². The van der Waals surface area contributed by atoms with E-state index < -0.39 is 66.2 Å². The van der Waals surface area contributed by atoms with E-state index >= 15 is 0 Å². The minimum atomic E-state index is -1.37. The molecule has 5 unspecified atom stereocenters.